The Morgan fingerprint density at radius 3 is 2.57 bits per heavy atom. The molecule has 4 rings (SSSR count). The van der Waals surface area contributed by atoms with E-state index >= 15 is 0 Å². The Kier molecular flexibility index (Phi) is 5.43. The topological polar surface area (TPSA) is 69.9 Å². The molecule has 3 aliphatic rings. The first-order valence-electron chi connectivity index (χ1n) is 10.6. The van der Waals surface area contributed by atoms with Gasteiger partial charge in [0.1, 0.15) is 0 Å². The summed E-state index contributed by atoms with van der Waals surface area (Å²) < 4.78 is 0. The molecule has 6 nitrogen and oxygen atoms in total. The SMILES string of the molecule is CN1CCN(Cc2ccc(C(N)=O)cc2)C[C@@]12CCC(=O)N(CC1CC1)CC2. The van der Waals surface area contributed by atoms with Gasteiger partial charge in [-0.1, -0.05) is 12.1 Å². The number of likely N-dealkylation sites (tertiary alicyclic amines) is 1. The molecule has 2 heterocycles. The van der Waals surface area contributed by atoms with Gasteiger partial charge >= 0.3 is 0 Å². The standard InChI is InChI=1S/C22H32N4O2/c1-24-12-13-25(14-17-4-6-19(7-5-17)21(23)28)16-22(24)9-8-20(27)26(11-10-22)15-18-2-3-18/h4-7,18H,2-3,8-16H2,1H3,(H2,23,28)/t22-/m0/s1. The van der Waals surface area contributed by atoms with E-state index in [4.69, 9.17) is 5.73 Å². The number of likely N-dealkylation sites (N-methyl/N-ethyl adjacent to an activating group) is 1. The smallest absolute Gasteiger partial charge is 0.248 e. The lowest BCUT2D eigenvalue weighted by Gasteiger charge is -2.49. The van der Waals surface area contributed by atoms with Crippen molar-refractivity contribution >= 4 is 11.8 Å². The molecule has 1 aromatic rings. The third kappa shape index (κ3) is 4.23. The zero-order valence-electron chi connectivity index (χ0n) is 16.9. The Hall–Kier alpha value is -1.92. The Morgan fingerprint density at radius 2 is 1.89 bits per heavy atom. The van der Waals surface area contributed by atoms with Gasteiger partial charge in [-0.05, 0) is 56.3 Å². The summed E-state index contributed by atoms with van der Waals surface area (Å²) in [6.45, 7) is 5.76. The minimum absolute atomic E-state index is 0.0827. The van der Waals surface area contributed by atoms with Gasteiger partial charge in [-0.15, -0.1) is 0 Å². The van der Waals surface area contributed by atoms with Crippen LogP contribution in [0.2, 0.25) is 0 Å². The minimum Gasteiger partial charge on any atom is -0.366 e. The molecule has 1 saturated carbocycles. The number of hydrogen-bond donors (Lipinski definition) is 1. The van der Waals surface area contributed by atoms with Gasteiger partial charge in [-0.3, -0.25) is 19.4 Å². The van der Waals surface area contributed by atoms with Crippen molar-refractivity contribution in [3.05, 3.63) is 35.4 Å². The minimum atomic E-state index is -0.385. The Labute approximate surface area is 167 Å². The van der Waals surface area contributed by atoms with Crippen molar-refractivity contribution in [3.63, 3.8) is 0 Å². The predicted octanol–water partition coefficient (Wildman–Crippen LogP) is 1.69. The monoisotopic (exact) mass is 384 g/mol. The average molecular weight is 385 g/mol. The highest BCUT2D eigenvalue weighted by Crippen LogP contribution is 2.35. The van der Waals surface area contributed by atoms with Crippen molar-refractivity contribution in [1.29, 1.82) is 0 Å². The molecular weight excluding hydrogens is 352 g/mol. The van der Waals surface area contributed by atoms with Gasteiger partial charge in [0.25, 0.3) is 0 Å². The van der Waals surface area contributed by atoms with E-state index in [-0.39, 0.29) is 11.4 Å². The highest BCUT2D eigenvalue weighted by Gasteiger charge is 2.42. The third-order valence-corrected chi connectivity index (χ3v) is 6.90. The summed E-state index contributed by atoms with van der Waals surface area (Å²) in [5.41, 5.74) is 7.18. The molecule has 1 atom stereocenters. The second-order valence-corrected chi connectivity index (χ2v) is 8.95. The average Bonchev–Trinajstić information content (AvgIpc) is 3.51. The van der Waals surface area contributed by atoms with E-state index < -0.39 is 0 Å². The van der Waals surface area contributed by atoms with E-state index in [9.17, 15) is 9.59 Å². The van der Waals surface area contributed by atoms with Gasteiger partial charge in [-0.25, -0.2) is 0 Å². The number of nitrogens with zero attached hydrogens (tertiary/aromatic N) is 3. The maximum absolute atomic E-state index is 12.6. The Morgan fingerprint density at radius 1 is 1.14 bits per heavy atom. The van der Waals surface area contributed by atoms with Crippen LogP contribution in [0.25, 0.3) is 0 Å². The predicted molar refractivity (Wildman–Crippen MR) is 109 cm³/mol. The zero-order chi connectivity index (χ0) is 19.7. The number of primary amides is 1. The first-order chi connectivity index (χ1) is 13.4. The third-order valence-electron chi connectivity index (χ3n) is 6.90. The maximum Gasteiger partial charge on any atom is 0.248 e. The lowest BCUT2D eigenvalue weighted by molar-refractivity contribution is -0.131. The van der Waals surface area contributed by atoms with Gasteiger partial charge in [0, 0.05) is 56.8 Å². The number of carbonyl (C=O) groups excluding carboxylic acids is 2. The van der Waals surface area contributed by atoms with Crippen LogP contribution in [0.15, 0.2) is 24.3 Å². The second-order valence-electron chi connectivity index (χ2n) is 8.95. The molecule has 2 saturated heterocycles. The fourth-order valence-corrected chi connectivity index (χ4v) is 4.75. The number of hydrogen-bond acceptors (Lipinski definition) is 4. The van der Waals surface area contributed by atoms with Crippen LogP contribution in [0.4, 0.5) is 0 Å². The summed E-state index contributed by atoms with van der Waals surface area (Å²) in [6.07, 6.45) is 5.24. The van der Waals surface area contributed by atoms with Crippen molar-refractivity contribution < 1.29 is 9.59 Å². The summed E-state index contributed by atoms with van der Waals surface area (Å²) in [7, 11) is 2.22. The second kappa shape index (κ2) is 7.84. The quantitative estimate of drug-likeness (QED) is 0.839. The number of carbonyl (C=O) groups is 2. The summed E-state index contributed by atoms with van der Waals surface area (Å²) in [4.78, 5) is 31.0. The van der Waals surface area contributed by atoms with E-state index in [0.29, 0.717) is 17.9 Å². The van der Waals surface area contributed by atoms with Crippen molar-refractivity contribution in [2.24, 2.45) is 11.7 Å². The summed E-state index contributed by atoms with van der Waals surface area (Å²) >= 11 is 0. The lowest BCUT2D eigenvalue weighted by atomic mass is 9.86. The molecule has 3 fully saturated rings. The summed E-state index contributed by atoms with van der Waals surface area (Å²) in [5.74, 6) is 0.710. The van der Waals surface area contributed by atoms with Crippen LogP contribution < -0.4 is 5.73 Å². The summed E-state index contributed by atoms with van der Waals surface area (Å²) in [6, 6.07) is 7.62. The van der Waals surface area contributed by atoms with E-state index in [1.54, 1.807) is 0 Å². The zero-order valence-corrected chi connectivity index (χ0v) is 16.9. The van der Waals surface area contributed by atoms with E-state index in [1.807, 2.05) is 24.3 Å². The molecule has 2 N–H and O–H groups in total. The van der Waals surface area contributed by atoms with Crippen molar-refractivity contribution in [2.45, 2.75) is 44.2 Å². The van der Waals surface area contributed by atoms with Crippen LogP contribution in [0.3, 0.4) is 0 Å². The van der Waals surface area contributed by atoms with Crippen LogP contribution in [-0.4, -0.2) is 71.8 Å². The molecule has 0 aromatic heterocycles. The normalized spacial score (nSPS) is 27.2. The van der Waals surface area contributed by atoms with Crippen molar-refractivity contribution in [1.82, 2.24) is 14.7 Å². The number of benzene rings is 1. The molecule has 2 amide bonds. The van der Waals surface area contributed by atoms with Crippen LogP contribution in [-0.2, 0) is 11.3 Å². The lowest BCUT2D eigenvalue weighted by Crippen LogP contribution is -2.60. The van der Waals surface area contributed by atoms with Crippen molar-refractivity contribution in [3.8, 4) is 0 Å². The number of nitrogens with two attached hydrogens (primary N) is 1. The molecule has 6 heteroatoms. The van der Waals surface area contributed by atoms with Crippen LogP contribution in [0.1, 0.15) is 48.0 Å². The number of rotatable bonds is 5. The Bertz CT molecular complexity index is 731. The molecule has 0 radical (unpaired) electrons. The molecule has 0 bridgehead atoms. The fraction of sp³-hybridized carbons (Fsp3) is 0.636. The molecule has 0 unspecified atom stereocenters. The fourth-order valence-electron chi connectivity index (χ4n) is 4.75. The molecule has 152 valence electrons. The van der Waals surface area contributed by atoms with E-state index in [1.165, 1.54) is 18.4 Å². The molecule has 1 spiro atoms. The largest absolute Gasteiger partial charge is 0.366 e. The van der Waals surface area contributed by atoms with Crippen molar-refractivity contribution in [2.75, 3.05) is 39.8 Å². The first-order valence-corrected chi connectivity index (χ1v) is 10.6. The highest BCUT2D eigenvalue weighted by atomic mass is 16.2. The molecule has 1 aliphatic carbocycles. The molecular formula is C22H32N4O2. The van der Waals surface area contributed by atoms with Gasteiger partial charge < -0.3 is 10.6 Å². The van der Waals surface area contributed by atoms with Gasteiger partial charge in [0.05, 0.1) is 0 Å². The molecule has 1 aromatic carbocycles. The van der Waals surface area contributed by atoms with Gasteiger partial charge in [-0.2, -0.15) is 0 Å². The summed E-state index contributed by atoms with van der Waals surface area (Å²) in [5, 5.41) is 0. The van der Waals surface area contributed by atoms with E-state index in [2.05, 4.69) is 21.7 Å². The number of piperazine rings is 1. The highest BCUT2D eigenvalue weighted by molar-refractivity contribution is 5.92. The van der Waals surface area contributed by atoms with Crippen LogP contribution >= 0.6 is 0 Å². The maximum atomic E-state index is 12.6. The molecule has 2 aliphatic heterocycles. The number of amides is 2. The van der Waals surface area contributed by atoms with Crippen LogP contribution in [0, 0.1) is 5.92 Å². The van der Waals surface area contributed by atoms with Gasteiger partial charge in [0.15, 0.2) is 0 Å². The van der Waals surface area contributed by atoms with E-state index in [0.717, 1.165) is 58.0 Å². The Balaban J connectivity index is 1.42. The first kappa shape index (κ1) is 19.4. The van der Waals surface area contributed by atoms with Crippen LogP contribution in [0.5, 0.6) is 0 Å². The molecule has 28 heavy (non-hydrogen) atoms. The van der Waals surface area contributed by atoms with Gasteiger partial charge in [0.2, 0.25) is 11.8 Å².